The van der Waals surface area contributed by atoms with Crippen LogP contribution < -0.4 is 10.2 Å². The zero-order chi connectivity index (χ0) is 23.4. The van der Waals surface area contributed by atoms with Gasteiger partial charge in [0, 0.05) is 58.9 Å². The molecule has 1 unspecified atom stereocenters. The highest BCUT2D eigenvalue weighted by Gasteiger charge is 2.40. The monoisotopic (exact) mass is 456 g/mol. The van der Waals surface area contributed by atoms with Crippen molar-refractivity contribution in [1.29, 1.82) is 0 Å². The summed E-state index contributed by atoms with van der Waals surface area (Å²) in [5.41, 5.74) is 1.14. The minimum absolute atomic E-state index is 0.0704. The lowest BCUT2D eigenvalue weighted by Gasteiger charge is -2.32. The first-order valence-electron chi connectivity index (χ1n) is 11.1. The van der Waals surface area contributed by atoms with Crippen LogP contribution in [-0.4, -0.2) is 65.9 Å². The normalized spacial score (nSPS) is 19.8. The van der Waals surface area contributed by atoms with Crippen LogP contribution >= 0.6 is 0 Å². The van der Waals surface area contributed by atoms with Gasteiger partial charge >= 0.3 is 0 Å². The first-order valence-corrected chi connectivity index (χ1v) is 11.1. The quantitative estimate of drug-likeness (QED) is 0.598. The highest BCUT2D eigenvalue weighted by Crippen LogP contribution is 2.38. The summed E-state index contributed by atoms with van der Waals surface area (Å²) in [6.45, 7) is 2.27. The molecule has 0 aliphatic carbocycles. The Kier molecular flexibility index (Phi) is 4.75. The maximum Gasteiger partial charge on any atom is 0.267 e. The molecule has 6 rings (SSSR count). The smallest absolute Gasteiger partial charge is 0.267 e. The molecule has 4 heterocycles. The Morgan fingerprint density at radius 2 is 1.47 bits per heavy atom. The van der Waals surface area contributed by atoms with Gasteiger partial charge in [-0.05, 0) is 42.8 Å². The van der Waals surface area contributed by atoms with E-state index in [9.17, 15) is 19.2 Å². The molecule has 0 bridgehead atoms. The van der Waals surface area contributed by atoms with Crippen LogP contribution in [0.4, 0.5) is 5.82 Å². The van der Waals surface area contributed by atoms with Gasteiger partial charge in [0.25, 0.3) is 23.6 Å². The van der Waals surface area contributed by atoms with Crippen LogP contribution in [0.1, 0.15) is 47.9 Å². The molecule has 3 aliphatic rings. The Bertz CT molecular complexity index is 1310. The second-order valence-corrected chi connectivity index (χ2v) is 8.45. The fourth-order valence-electron chi connectivity index (χ4n) is 4.90. The van der Waals surface area contributed by atoms with E-state index in [0.29, 0.717) is 41.5 Å². The van der Waals surface area contributed by atoms with Gasteiger partial charge in [0.05, 0.1) is 12.7 Å². The summed E-state index contributed by atoms with van der Waals surface area (Å²) in [4.78, 5) is 59.7. The van der Waals surface area contributed by atoms with Gasteiger partial charge in [-0.1, -0.05) is 6.07 Å². The number of anilines is 1. The van der Waals surface area contributed by atoms with E-state index in [2.05, 4.69) is 10.3 Å². The first kappa shape index (κ1) is 20.6. The largest absolute Gasteiger partial charge is 0.376 e. The highest BCUT2D eigenvalue weighted by molar-refractivity contribution is 6.39. The molecule has 1 atom stereocenters. The molecule has 0 spiro atoms. The summed E-state index contributed by atoms with van der Waals surface area (Å²) in [6.07, 6.45) is 1.96. The van der Waals surface area contributed by atoms with E-state index in [1.807, 2.05) is 0 Å². The Morgan fingerprint density at radius 3 is 2.00 bits per heavy atom. The van der Waals surface area contributed by atoms with Gasteiger partial charge in [0.15, 0.2) is 0 Å². The van der Waals surface area contributed by atoms with Crippen LogP contribution in [0, 0.1) is 0 Å². The van der Waals surface area contributed by atoms with Crippen molar-refractivity contribution in [1.82, 2.24) is 15.2 Å². The second kappa shape index (κ2) is 7.82. The van der Waals surface area contributed by atoms with Crippen molar-refractivity contribution in [2.75, 3.05) is 31.1 Å². The summed E-state index contributed by atoms with van der Waals surface area (Å²) in [5.74, 6) is -1.73. The van der Waals surface area contributed by atoms with E-state index in [1.54, 1.807) is 42.5 Å². The summed E-state index contributed by atoms with van der Waals surface area (Å²) in [5, 5.41) is 3.95. The lowest BCUT2D eigenvalue weighted by Crippen LogP contribution is -2.45. The molecule has 170 valence electrons. The molecular weight excluding hydrogens is 436 g/mol. The van der Waals surface area contributed by atoms with Crippen LogP contribution in [-0.2, 0) is 4.74 Å². The number of rotatable bonds is 4. The number of imide groups is 2. The van der Waals surface area contributed by atoms with Gasteiger partial charge < -0.3 is 10.1 Å². The molecule has 1 fully saturated rings. The number of hydrogen-bond acceptors (Lipinski definition) is 7. The third kappa shape index (κ3) is 2.98. The van der Waals surface area contributed by atoms with Crippen LogP contribution in [0.3, 0.4) is 0 Å². The summed E-state index contributed by atoms with van der Waals surface area (Å²) >= 11 is 0. The Morgan fingerprint density at radius 1 is 0.853 bits per heavy atom. The lowest BCUT2D eigenvalue weighted by atomic mass is 9.86. The van der Waals surface area contributed by atoms with E-state index in [4.69, 9.17) is 4.74 Å². The van der Waals surface area contributed by atoms with Gasteiger partial charge in [0.1, 0.15) is 5.82 Å². The average molecular weight is 456 g/mol. The fourth-order valence-corrected chi connectivity index (χ4v) is 4.90. The van der Waals surface area contributed by atoms with E-state index < -0.39 is 23.6 Å². The fraction of sp³-hybridized carbons (Fsp3) is 0.240. The molecule has 1 N–H and O–H groups in total. The number of amides is 4. The molecular formula is C25H20N4O5. The van der Waals surface area contributed by atoms with E-state index in [0.717, 1.165) is 11.4 Å². The maximum absolute atomic E-state index is 13.3. The molecule has 34 heavy (non-hydrogen) atoms. The number of nitrogens with one attached hydrogen (secondary N) is 1. The average Bonchev–Trinajstić information content (AvgIpc) is 2.87. The van der Waals surface area contributed by atoms with Crippen molar-refractivity contribution in [2.24, 2.45) is 0 Å². The first-order chi connectivity index (χ1) is 16.6. The van der Waals surface area contributed by atoms with Crippen molar-refractivity contribution >= 4 is 40.2 Å². The molecule has 1 saturated heterocycles. The standard InChI is InChI=1S/C25H20N4O5/c30-22-15-4-6-17-21-18(25(33)29(24(17)32)19-3-1-2-9-27-19)7-5-16(20(15)21)23(31)28(22)11-8-14-13-26-10-12-34-14/h1-7,9,14,26H,8,10-13H2. The Labute approximate surface area is 194 Å². The molecule has 0 saturated carbocycles. The van der Waals surface area contributed by atoms with Crippen LogP contribution in [0.25, 0.3) is 10.8 Å². The lowest BCUT2D eigenvalue weighted by molar-refractivity contribution is 0.0173. The van der Waals surface area contributed by atoms with Gasteiger partial charge in [0.2, 0.25) is 0 Å². The van der Waals surface area contributed by atoms with Crippen molar-refractivity contribution in [2.45, 2.75) is 12.5 Å². The molecule has 1 aromatic heterocycles. The summed E-state index contributed by atoms with van der Waals surface area (Å²) in [6, 6.07) is 11.2. The predicted octanol–water partition coefficient (Wildman–Crippen LogP) is 2.01. The molecule has 9 nitrogen and oxygen atoms in total. The van der Waals surface area contributed by atoms with E-state index in [1.165, 1.54) is 11.1 Å². The van der Waals surface area contributed by atoms with E-state index >= 15 is 0 Å². The number of pyridine rings is 1. The third-order valence-corrected chi connectivity index (χ3v) is 6.54. The number of morpholine rings is 1. The number of benzene rings is 2. The maximum atomic E-state index is 13.3. The molecule has 3 aliphatic heterocycles. The van der Waals surface area contributed by atoms with Gasteiger partial charge in [-0.3, -0.25) is 24.1 Å². The summed E-state index contributed by atoms with van der Waals surface area (Å²) in [7, 11) is 0. The van der Waals surface area contributed by atoms with Crippen molar-refractivity contribution in [3.05, 3.63) is 70.9 Å². The zero-order valence-corrected chi connectivity index (χ0v) is 18.1. The van der Waals surface area contributed by atoms with Crippen molar-refractivity contribution < 1.29 is 23.9 Å². The van der Waals surface area contributed by atoms with Crippen molar-refractivity contribution in [3.63, 3.8) is 0 Å². The predicted molar refractivity (Wildman–Crippen MR) is 122 cm³/mol. The van der Waals surface area contributed by atoms with Crippen LogP contribution in [0.15, 0.2) is 48.7 Å². The van der Waals surface area contributed by atoms with Gasteiger partial charge in [-0.25, -0.2) is 9.88 Å². The third-order valence-electron chi connectivity index (χ3n) is 6.54. The topological polar surface area (TPSA) is 109 Å². The Balaban J connectivity index is 1.42. The number of hydrogen-bond donors (Lipinski definition) is 1. The number of carbonyl (C=O) groups is 4. The SMILES string of the molecule is O=C1c2ccc3c4c(ccc(c24)C(=O)N1CCC1CNCCO1)C(=O)N(c1ccccn1)C3=O. The molecule has 0 radical (unpaired) electrons. The van der Waals surface area contributed by atoms with Crippen LogP contribution in [0.5, 0.6) is 0 Å². The minimum Gasteiger partial charge on any atom is -0.376 e. The second-order valence-electron chi connectivity index (χ2n) is 8.45. The van der Waals surface area contributed by atoms with Crippen molar-refractivity contribution in [3.8, 4) is 0 Å². The molecule has 2 aromatic carbocycles. The van der Waals surface area contributed by atoms with E-state index in [-0.39, 0.29) is 29.6 Å². The summed E-state index contributed by atoms with van der Waals surface area (Å²) < 4.78 is 5.69. The van der Waals surface area contributed by atoms with Crippen LogP contribution in [0.2, 0.25) is 0 Å². The number of carbonyl (C=O) groups excluding carboxylic acids is 4. The minimum atomic E-state index is -0.538. The molecule has 9 heteroatoms. The zero-order valence-electron chi connectivity index (χ0n) is 18.1. The highest BCUT2D eigenvalue weighted by atomic mass is 16.5. The Hall–Kier alpha value is -3.95. The van der Waals surface area contributed by atoms with Gasteiger partial charge in [-0.2, -0.15) is 0 Å². The molecule has 3 aromatic rings. The number of nitrogens with zero attached hydrogens (tertiary/aromatic N) is 3. The number of aromatic nitrogens is 1. The number of ether oxygens (including phenoxy) is 1. The van der Waals surface area contributed by atoms with Gasteiger partial charge in [-0.15, -0.1) is 0 Å². The molecule has 4 amide bonds.